The smallest absolute Gasteiger partial charge is 0.305 e. The number of aromatic nitrogens is 3. The van der Waals surface area contributed by atoms with Gasteiger partial charge in [-0.15, -0.1) is 23.1 Å². The number of thioether (sulfide) groups is 1. The first-order chi connectivity index (χ1) is 17.8. The van der Waals surface area contributed by atoms with E-state index in [0.717, 1.165) is 11.3 Å². The van der Waals surface area contributed by atoms with E-state index in [2.05, 4.69) is 20.6 Å². The van der Waals surface area contributed by atoms with Crippen molar-refractivity contribution in [2.75, 3.05) is 11.1 Å². The fourth-order valence-corrected chi connectivity index (χ4v) is 5.21. The highest BCUT2D eigenvalue weighted by molar-refractivity contribution is 7.99. The van der Waals surface area contributed by atoms with E-state index in [-0.39, 0.29) is 24.0 Å². The van der Waals surface area contributed by atoms with Crippen molar-refractivity contribution in [3.63, 3.8) is 0 Å². The maximum Gasteiger partial charge on any atom is 0.305 e. The summed E-state index contributed by atoms with van der Waals surface area (Å²) in [5, 5.41) is 16.8. The molecule has 3 rings (SSSR count). The molecule has 2 heterocycles. The highest BCUT2D eigenvalue weighted by Gasteiger charge is 2.28. The van der Waals surface area contributed by atoms with Gasteiger partial charge in [0.25, 0.3) is 5.56 Å². The predicted octanol–water partition coefficient (Wildman–Crippen LogP) is 3.29. The van der Waals surface area contributed by atoms with Gasteiger partial charge in [0.05, 0.1) is 35.5 Å². The number of thiazole rings is 1. The van der Waals surface area contributed by atoms with Gasteiger partial charge in [0.1, 0.15) is 6.04 Å². The molecule has 1 amide bonds. The second-order valence-corrected chi connectivity index (χ2v) is 10.00. The number of amides is 1. The van der Waals surface area contributed by atoms with Gasteiger partial charge >= 0.3 is 5.97 Å². The minimum absolute atomic E-state index is 0.0433. The highest BCUT2D eigenvalue weighted by atomic mass is 32.2. The van der Waals surface area contributed by atoms with E-state index in [4.69, 9.17) is 0 Å². The molecule has 2 unspecified atom stereocenters. The predicted molar refractivity (Wildman–Crippen MR) is 144 cm³/mol. The van der Waals surface area contributed by atoms with Crippen molar-refractivity contribution in [2.24, 2.45) is 0 Å². The number of carboxylic acids is 1. The Morgan fingerprint density at radius 1 is 1.19 bits per heavy atom. The molecule has 37 heavy (non-hydrogen) atoms. The second kappa shape index (κ2) is 13.7. The fourth-order valence-electron chi connectivity index (χ4n) is 3.62. The van der Waals surface area contributed by atoms with Crippen LogP contribution in [0.1, 0.15) is 50.0 Å². The molecule has 3 aromatic rings. The maximum absolute atomic E-state index is 13.2. The summed E-state index contributed by atoms with van der Waals surface area (Å²) in [6.07, 6.45) is 2.51. The van der Waals surface area contributed by atoms with Crippen molar-refractivity contribution in [2.45, 2.75) is 50.6 Å². The molecule has 0 aliphatic rings. The molecule has 2 aromatic heterocycles. The van der Waals surface area contributed by atoms with Crippen molar-refractivity contribution >= 4 is 46.6 Å². The van der Waals surface area contributed by atoms with E-state index in [9.17, 15) is 24.3 Å². The zero-order valence-corrected chi connectivity index (χ0v) is 22.1. The summed E-state index contributed by atoms with van der Waals surface area (Å²) in [5.41, 5.74) is 2.98. The molecular formula is C25H29N5O5S2. The molecule has 0 aliphatic heterocycles. The molecule has 3 N–H and O–H groups in total. The zero-order valence-electron chi connectivity index (χ0n) is 20.5. The number of ketones is 1. The van der Waals surface area contributed by atoms with Gasteiger partial charge in [0, 0.05) is 23.5 Å². The quantitative estimate of drug-likeness (QED) is 0.279. The number of carbonyl (C=O) groups excluding carboxylic acids is 2. The Bertz CT molecular complexity index is 1250. The number of Topliss-reactive ketones (excluding diaryl/α,β-unsaturated/α-hetero) is 1. The molecule has 0 aliphatic carbocycles. The molecule has 0 spiro atoms. The van der Waals surface area contributed by atoms with Gasteiger partial charge in [-0.3, -0.25) is 23.7 Å². The maximum atomic E-state index is 13.2. The van der Waals surface area contributed by atoms with Crippen LogP contribution >= 0.6 is 23.1 Å². The van der Waals surface area contributed by atoms with E-state index < -0.39 is 41.7 Å². The minimum atomic E-state index is -1.21. The van der Waals surface area contributed by atoms with Gasteiger partial charge in [0.2, 0.25) is 5.91 Å². The summed E-state index contributed by atoms with van der Waals surface area (Å²) in [6.45, 7) is 3.57. The van der Waals surface area contributed by atoms with Crippen molar-refractivity contribution in [1.29, 1.82) is 0 Å². The number of carboxylic acid groups (broad SMARTS) is 1. The highest BCUT2D eigenvalue weighted by Crippen LogP contribution is 2.17. The number of aliphatic carboxylic acids is 1. The third kappa shape index (κ3) is 7.99. The van der Waals surface area contributed by atoms with E-state index >= 15 is 0 Å². The minimum Gasteiger partial charge on any atom is -0.481 e. The van der Waals surface area contributed by atoms with Gasteiger partial charge in [-0.05, 0) is 18.9 Å². The van der Waals surface area contributed by atoms with Crippen molar-refractivity contribution in [3.05, 3.63) is 75.2 Å². The number of nitrogens with one attached hydrogen (secondary N) is 2. The van der Waals surface area contributed by atoms with Crippen LogP contribution in [0.3, 0.4) is 0 Å². The normalized spacial score (nSPS) is 13.4. The van der Waals surface area contributed by atoms with Crippen molar-refractivity contribution in [3.8, 4) is 0 Å². The van der Waals surface area contributed by atoms with Crippen LogP contribution in [-0.2, 0) is 20.1 Å². The Morgan fingerprint density at radius 2 is 1.95 bits per heavy atom. The van der Waals surface area contributed by atoms with Gasteiger partial charge in [0.15, 0.2) is 11.6 Å². The average Bonchev–Trinajstić information content (AvgIpc) is 3.42. The molecule has 196 valence electrons. The number of rotatable bonds is 14. The lowest BCUT2D eigenvalue weighted by Crippen LogP contribution is -2.47. The standard InChI is InChI=1S/C25H29N5O5S2/c1-3-20(30-10-9-26-23(25(30)35)28-16(2)19-13-37-15-27-19)24(34)29-18(11-22(32)33)21(31)14-36-12-17-7-5-4-6-8-17/h4-10,13,15-16,18,20H,3,11-12,14H2,1-2H3,(H,26,28)(H,29,34)(H,32,33)/t16?,18-,20?/m0/s1. The first kappa shape index (κ1) is 28.1. The molecule has 0 bridgehead atoms. The van der Waals surface area contributed by atoms with Crippen LogP contribution < -0.4 is 16.2 Å². The van der Waals surface area contributed by atoms with E-state index in [0.29, 0.717) is 5.75 Å². The van der Waals surface area contributed by atoms with Crippen LogP contribution in [0.25, 0.3) is 0 Å². The lowest BCUT2D eigenvalue weighted by atomic mass is 10.1. The molecule has 10 nitrogen and oxygen atoms in total. The summed E-state index contributed by atoms with van der Waals surface area (Å²) >= 11 is 2.78. The molecule has 0 fully saturated rings. The van der Waals surface area contributed by atoms with Crippen molar-refractivity contribution < 1.29 is 19.5 Å². The molecule has 0 saturated carbocycles. The SMILES string of the molecule is CCC(C(=O)N[C@@H](CC(=O)O)C(=O)CSCc1ccccc1)n1ccnc(NC(C)c2cscn2)c1=O. The first-order valence-corrected chi connectivity index (χ1v) is 13.8. The van der Waals surface area contributed by atoms with Gasteiger partial charge in [-0.25, -0.2) is 9.97 Å². The molecular weight excluding hydrogens is 514 g/mol. The third-order valence-electron chi connectivity index (χ3n) is 5.58. The summed E-state index contributed by atoms with van der Waals surface area (Å²) in [7, 11) is 0. The Balaban J connectivity index is 1.70. The van der Waals surface area contributed by atoms with E-state index in [1.165, 1.54) is 40.1 Å². The number of benzene rings is 1. The monoisotopic (exact) mass is 543 g/mol. The largest absolute Gasteiger partial charge is 0.481 e. The molecule has 1 aromatic carbocycles. The molecule has 3 atom stereocenters. The second-order valence-electron chi connectivity index (χ2n) is 8.30. The summed E-state index contributed by atoms with van der Waals surface area (Å²) in [5.74, 6) is -1.52. The lowest BCUT2D eigenvalue weighted by molar-refractivity contribution is -0.140. The molecule has 12 heteroatoms. The van der Waals surface area contributed by atoms with Crippen LogP contribution in [0.5, 0.6) is 0 Å². The Hall–Kier alpha value is -3.51. The summed E-state index contributed by atoms with van der Waals surface area (Å²) in [4.78, 5) is 58.9. The Kier molecular flexibility index (Phi) is 10.4. The van der Waals surface area contributed by atoms with E-state index in [1.54, 1.807) is 12.4 Å². The third-order valence-corrected chi connectivity index (χ3v) is 7.21. The average molecular weight is 544 g/mol. The van der Waals surface area contributed by atoms with Gasteiger partial charge in [-0.2, -0.15) is 0 Å². The van der Waals surface area contributed by atoms with Crippen LogP contribution in [0.2, 0.25) is 0 Å². The zero-order chi connectivity index (χ0) is 26.8. The molecule has 0 saturated heterocycles. The fraction of sp³-hybridized carbons (Fsp3) is 0.360. The van der Waals surface area contributed by atoms with Crippen LogP contribution in [0, 0.1) is 0 Å². The number of carbonyl (C=O) groups is 3. The van der Waals surface area contributed by atoms with Crippen molar-refractivity contribution in [1.82, 2.24) is 19.9 Å². The molecule has 0 radical (unpaired) electrons. The number of hydrogen-bond acceptors (Lipinski definition) is 9. The number of nitrogens with zero attached hydrogens (tertiary/aromatic N) is 3. The van der Waals surface area contributed by atoms with Crippen LogP contribution in [0.15, 0.2) is 58.4 Å². The van der Waals surface area contributed by atoms with Crippen LogP contribution in [-0.4, -0.2) is 49.1 Å². The first-order valence-electron chi connectivity index (χ1n) is 11.7. The van der Waals surface area contributed by atoms with E-state index in [1.807, 2.05) is 42.6 Å². The number of hydrogen-bond donors (Lipinski definition) is 3. The topological polar surface area (TPSA) is 143 Å². The van der Waals surface area contributed by atoms with Gasteiger partial charge in [-0.1, -0.05) is 37.3 Å². The van der Waals surface area contributed by atoms with Crippen LogP contribution in [0.4, 0.5) is 5.82 Å². The summed E-state index contributed by atoms with van der Waals surface area (Å²) < 4.78 is 1.24. The summed E-state index contributed by atoms with van der Waals surface area (Å²) in [6, 6.07) is 7.14. The Morgan fingerprint density at radius 3 is 2.59 bits per heavy atom. The Labute approximate surface area is 222 Å². The van der Waals surface area contributed by atoms with Gasteiger partial charge < -0.3 is 15.7 Å². The lowest BCUT2D eigenvalue weighted by Gasteiger charge is -2.22. The number of anilines is 1.